The molecule has 1 aromatic rings. The van der Waals surface area contributed by atoms with Crippen molar-refractivity contribution >= 4 is 17.7 Å². The third-order valence-electron chi connectivity index (χ3n) is 4.78. The van der Waals surface area contributed by atoms with Gasteiger partial charge in [0.15, 0.2) is 0 Å². The Morgan fingerprint density at radius 2 is 2.05 bits per heavy atom. The SMILES string of the molecule is Cc1ccc(SCCC(=O)N2CC3CCC(O)C3C2)cc1. The van der Waals surface area contributed by atoms with Gasteiger partial charge in [0.1, 0.15) is 0 Å². The van der Waals surface area contributed by atoms with Crippen molar-refractivity contribution in [3.05, 3.63) is 29.8 Å². The number of aryl methyl sites for hydroxylation is 1. The van der Waals surface area contributed by atoms with Gasteiger partial charge in [-0.05, 0) is 37.8 Å². The van der Waals surface area contributed by atoms with E-state index in [0.29, 0.717) is 18.3 Å². The van der Waals surface area contributed by atoms with Crippen LogP contribution in [0.3, 0.4) is 0 Å². The zero-order valence-electron chi connectivity index (χ0n) is 12.5. The molecule has 0 bridgehead atoms. The first-order valence-corrected chi connectivity index (χ1v) is 8.77. The summed E-state index contributed by atoms with van der Waals surface area (Å²) < 4.78 is 0. The molecule has 2 fully saturated rings. The number of fused-ring (bicyclic) bond motifs is 1. The van der Waals surface area contributed by atoms with Gasteiger partial charge in [0.05, 0.1) is 6.10 Å². The van der Waals surface area contributed by atoms with E-state index in [1.165, 1.54) is 10.5 Å². The van der Waals surface area contributed by atoms with E-state index < -0.39 is 0 Å². The number of rotatable bonds is 4. The van der Waals surface area contributed by atoms with Crippen molar-refractivity contribution in [2.75, 3.05) is 18.8 Å². The number of aliphatic hydroxyl groups excluding tert-OH is 1. The van der Waals surface area contributed by atoms with Gasteiger partial charge < -0.3 is 10.0 Å². The Morgan fingerprint density at radius 1 is 1.29 bits per heavy atom. The van der Waals surface area contributed by atoms with Gasteiger partial charge in [-0.15, -0.1) is 11.8 Å². The van der Waals surface area contributed by atoms with Crippen LogP contribution in [-0.2, 0) is 4.79 Å². The molecular weight excluding hydrogens is 282 g/mol. The third kappa shape index (κ3) is 3.43. The Hall–Kier alpha value is -1.00. The van der Waals surface area contributed by atoms with Crippen molar-refractivity contribution in [1.29, 1.82) is 0 Å². The summed E-state index contributed by atoms with van der Waals surface area (Å²) in [6.45, 7) is 3.70. The summed E-state index contributed by atoms with van der Waals surface area (Å²) in [6.07, 6.45) is 2.40. The van der Waals surface area contributed by atoms with Crippen LogP contribution in [0.5, 0.6) is 0 Å². The maximum absolute atomic E-state index is 12.3. The molecule has 21 heavy (non-hydrogen) atoms. The third-order valence-corrected chi connectivity index (χ3v) is 5.79. The molecular formula is C17H23NO2S. The number of likely N-dealkylation sites (tertiary alicyclic amines) is 1. The number of hydrogen-bond donors (Lipinski definition) is 1. The maximum atomic E-state index is 12.3. The Labute approximate surface area is 130 Å². The van der Waals surface area contributed by atoms with Crippen LogP contribution in [0.1, 0.15) is 24.8 Å². The lowest BCUT2D eigenvalue weighted by Gasteiger charge is -2.18. The molecule has 1 saturated carbocycles. The van der Waals surface area contributed by atoms with Gasteiger partial charge in [-0.2, -0.15) is 0 Å². The van der Waals surface area contributed by atoms with Crippen LogP contribution >= 0.6 is 11.8 Å². The van der Waals surface area contributed by atoms with E-state index in [-0.39, 0.29) is 12.0 Å². The zero-order valence-corrected chi connectivity index (χ0v) is 13.3. The molecule has 0 aromatic heterocycles. The highest BCUT2D eigenvalue weighted by Gasteiger charge is 2.42. The van der Waals surface area contributed by atoms with Gasteiger partial charge in [-0.25, -0.2) is 0 Å². The second kappa shape index (κ2) is 6.41. The second-order valence-corrected chi connectivity index (χ2v) is 7.45. The molecule has 3 atom stereocenters. The van der Waals surface area contributed by atoms with Crippen LogP contribution < -0.4 is 0 Å². The Morgan fingerprint density at radius 3 is 2.76 bits per heavy atom. The molecule has 3 rings (SSSR count). The molecule has 114 valence electrons. The lowest BCUT2D eigenvalue weighted by molar-refractivity contribution is -0.130. The van der Waals surface area contributed by atoms with Crippen LogP contribution in [0.4, 0.5) is 0 Å². The topological polar surface area (TPSA) is 40.5 Å². The molecule has 1 N–H and O–H groups in total. The average Bonchev–Trinajstić information content (AvgIpc) is 3.04. The summed E-state index contributed by atoms with van der Waals surface area (Å²) in [5, 5.41) is 9.90. The normalized spacial score (nSPS) is 27.9. The molecule has 3 nitrogen and oxygen atoms in total. The first-order valence-electron chi connectivity index (χ1n) is 7.79. The van der Waals surface area contributed by atoms with Crippen molar-refractivity contribution in [2.45, 2.75) is 37.2 Å². The zero-order chi connectivity index (χ0) is 14.8. The Bertz CT molecular complexity index is 502. The number of hydrogen-bond acceptors (Lipinski definition) is 3. The second-order valence-electron chi connectivity index (χ2n) is 6.28. The minimum Gasteiger partial charge on any atom is -0.393 e. The largest absolute Gasteiger partial charge is 0.393 e. The fourth-order valence-corrected chi connectivity index (χ4v) is 4.33. The molecule has 1 aliphatic heterocycles. The van der Waals surface area contributed by atoms with E-state index in [2.05, 4.69) is 31.2 Å². The average molecular weight is 305 g/mol. The standard InChI is InChI=1S/C17H23NO2S/c1-12-2-5-14(6-3-12)21-9-8-17(20)18-10-13-4-7-16(19)15(13)11-18/h2-3,5-6,13,15-16,19H,4,7-11H2,1H3. The van der Waals surface area contributed by atoms with Crippen molar-refractivity contribution in [3.63, 3.8) is 0 Å². The van der Waals surface area contributed by atoms with Gasteiger partial charge in [0.25, 0.3) is 0 Å². The number of carbonyl (C=O) groups excluding carboxylic acids is 1. The van der Waals surface area contributed by atoms with Crippen molar-refractivity contribution in [2.24, 2.45) is 11.8 Å². The van der Waals surface area contributed by atoms with E-state index in [4.69, 9.17) is 0 Å². The van der Waals surface area contributed by atoms with Gasteiger partial charge in [0.2, 0.25) is 5.91 Å². The molecule has 2 aliphatic rings. The van der Waals surface area contributed by atoms with Gasteiger partial charge >= 0.3 is 0 Å². The number of amides is 1. The lowest BCUT2D eigenvalue weighted by atomic mass is 10.00. The number of benzene rings is 1. The van der Waals surface area contributed by atoms with Gasteiger partial charge in [0, 0.05) is 36.1 Å². The fourth-order valence-electron chi connectivity index (χ4n) is 3.49. The minimum absolute atomic E-state index is 0.185. The Balaban J connectivity index is 1.44. The fraction of sp³-hybridized carbons (Fsp3) is 0.588. The lowest BCUT2D eigenvalue weighted by Crippen LogP contribution is -2.31. The monoisotopic (exact) mass is 305 g/mol. The number of carbonyl (C=O) groups is 1. The maximum Gasteiger partial charge on any atom is 0.223 e. The van der Waals surface area contributed by atoms with Crippen LogP contribution in [0.25, 0.3) is 0 Å². The van der Waals surface area contributed by atoms with E-state index in [9.17, 15) is 9.90 Å². The number of thioether (sulfide) groups is 1. The highest BCUT2D eigenvalue weighted by molar-refractivity contribution is 7.99. The van der Waals surface area contributed by atoms with Gasteiger partial charge in [-0.1, -0.05) is 17.7 Å². The number of aliphatic hydroxyl groups is 1. The van der Waals surface area contributed by atoms with Crippen molar-refractivity contribution in [3.8, 4) is 0 Å². The molecule has 3 unspecified atom stereocenters. The van der Waals surface area contributed by atoms with E-state index in [0.717, 1.165) is 31.7 Å². The molecule has 4 heteroatoms. The summed E-state index contributed by atoms with van der Waals surface area (Å²) in [5.41, 5.74) is 1.26. The summed E-state index contributed by atoms with van der Waals surface area (Å²) in [7, 11) is 0. The molecule has 1 heterocycles. The first kappa shape index (κ1) is 14.9. The smallest absolute Gasteiger partial charge is 0.223 e. The van der Waals surface area contributed by atoms with E-state index in [1.54, 1.807) is 11.8 Å². The van der Waals surface area contributed by atoms with Crippen LogP contribution in [-0.4, -0.2) is 40.9 Å². The molecule has 1 saturated heterocycles. The minimum atomic E-state index is -0.185. The summed E-state index contributed by atoms with van der Waals surface area (Å²) in [4.78, 5) is 15.4. The predicted octanol–water partition coefficient (Wildman–Crippen LogP) is 2.71. The molecule has 1 aromatic carbocycles. The Kier molecular flexibility index (Phi) is 4.55. The molecule has 1 amide bonds. The first-order chi connectivity index (χ1) is 10.1. The summed E-state index contributed by atoms with van der Waals surface area (Å²) in [5.74, 6) is 1.94. The van der Waals surface area contributed by atoms with Crippen LogP contribution in [0.15, 0.2) is 29.2 Å². The highest BCUT2D eigenvalue weighted by atomic mass is 32.2. The quantitative estimate of drug-likeness (QED) is 0.870. The number of nitrogens with zero attached hydrogens (tertiary/aromatic N) is 1. The van der Waals surface area contributed by atoms with Crippen LogP contribution in [0, 0.1) is 18.8 Å². The molecule has 0 spiro atoms. The van der Waals surface area contributed by atoms with Crippen molar-refractivity contribution in [1.82, 2.24) is 4.90 Å². The van der Waals surface area contributed by atoms with Crippen LogP contribution in [0.2, 0.25) is 0 Å². The van der Waals surface area contributed by atoms with E-state index in [1.807, 2.05) is 4.90 Å². The molecule has 1 aliphatic carbocycles. The summed E-state index contributed by atoms with van der Waals surface area (Å²) >= 11 is 1.74. The van der Waals surface area contributed by atoms with Crippen molar-refractivity contribution < 1.29 is 9.90 Å². The predicted molar refractivity (Wildman–Crippen MR) is 85.3 cm³/mol. The van der Waals surface area contributed by atoms with E-state index >= 15 is 0 Å². The highest BCUT2D eigenvalue weighted by Crippen LogP contribution is 2.38. The van der Waals surface area contributed by atoms with Gasteiger partial charge in [-0.3, -0.25) is 4.79 Å². The summed E-state index contributed by atoms with van der Waals surface area (Å²) in [6, 6.07) is 8.43. The molecule has 0 radical (unpaired) electrons.